The topological polar surface area (TPSA) is 98.5 Å². The molecule has 7 nitrogen and oxygen atoms in total. The Morgan fingerprint density at radius 3 is 2.50 bits per heavy atom. The first-order valence-electron chi connectivity index (χ1n) is 8.20. The van der Waals surface area contributed by atoms with Crippen molar-refractivity contribution in [2.24, 2.45) is 0 Å². The second-order valence-corrected chi connectivity index (χ2v) is 5.76. The number of hydrogen-bond donors (Lipinski definition) is 1. The molecule has 2 aromatic carbocycles. The van der Waals surface area contributed by atoms with Crippen LogP contribution in [0.2, 0.25) is 0 Å². The molecule has 1 amide bonds. The molecule has 0 atom stereocenters. The maximum Gasteiger partial charge on any atom is 0.306 e. The van der Waals surface area contributed by atoms with Gasteiger partial charge in [0.05, 0.1) is 18.0 Å². The van der Waals surface area contributed by atoms with Crippen molar-refractivity contribution in [2.45, 2.75) is 26.2 Å². The number of anilines is 1. The van der Waals surface area contributed by atoms with E-state index in [9.17, 15) is 19.7 Å². The number of aryl methyl sites for hydroxylation is 1. The number of nitro benzene ring substituents is 1. The zero-order chi connectivity index (χ0) is 18.9. The molecule has 0 heterocycles. The third-order valence-electron chi connectivity index (χ3n) is 3.75. The molecule has 0 saturated heterocycles. The zero-order valence-electron chi connectivity index (χ0n) is 14.4. The molecule has 0 fully saturated rings. The van der Waals surface area contributed by atoms with E-state index in [1.807, 2.05) is 30.3 Å². The molecule has 0 saturated carbocycles. The van der Waals surface area contributed by atoms with Crippen molar-refractivity contribution in [1.82, 2.24) is 0 Å². The Bertz CT molecular complexity index is 790. The first-order chi connectivity index (χ1) is 12.5. The Kier molecular flexibility index (Phi) is 6.84. The predicted octanol–water partition coefficient (Wildman–Crippen LogP) is 3.41. The molecule has 7 heteroatoms. The molecule has 0 aliphatic heterocycles. The Morgan fingerprint density at radius 2 is 1.85 bits per heavy atom. The van der Waals surface area contributed by atoms with Crippen LogP contribution >= 0.6 is 0 Å². The summed E-state index contributed by atoms with van der Waals surface area (Å²) >= 11 is 0. The quantitative estimate of drug-likeness (QED) is 0.444. The Morgan fingerprint density at radius 1 is 1.12 bits per heavy atom. The summed E-state index contributed by atoms with van der Waals surface area (Å²) in [6, 6.07) is 13.8. The van der Waals surface area contributed by atoms with Crippen LogP contribution in [0.25, 0.3) is 0 Å². The highest BCUT2D eigenvalue weighted by Gasteiger charge is 2.12. The van der Waals surface area contributed by atoms with Gasteiger partial charge < -0.3 is 10.1 Å². The SMILES string of the molecule is Cc1cc([N+](=O)[O-])ccc1NC(=O)CCC(=O)OCCc1ccccc1. The third kappa shape index (κ3) is 6.01. The molecular weight excluding hydrogens is 336 g/mol. The molecule has 0 unspecified atom stereocenters. The van der Waals surface area contributed by atoms with Crippen molar-refractivity contribution in [3.63, 3.8) is 0 Å². The van der Waals surface area contributed by atoms with Gasteiger partial charge >= 0.3 is 5.97 Å². The van der Waals surface area contributed by atoms with E-state index in [0.29, 0.717) is 17.7 Å². The van der Waals surface area contributed by atoms with Gasteiger partial charge in [0.1, 0.15) is 0 Å². The number of nitrogens with zero attached hydrogens (tertiary/aromatic N) is 1. The normalized spacial score (nSPS) is 10.2. The van der Waals surface area contributed by atoms with Crippen molar-refractivity contribution in [1.29, 1.82) is 0 Å². The Labute approximate surface area is 151 Å². The maximum absolute atomic E-state index is 11.9. The number of non-ortho nitro benzene ring substituents is 1. The Balaban J connectivity index is 1.72. The van der Waals surface area contributed by atoms with Crippen molar-refractivity contribution in [3.05, 3.63) is 69.8 Å². The monoisotopic (exact) mass is 356 g/mol. The summed E-state index contributed by atoms with van der Waals surface area (Å²) in [5.41, 5.74) is 2.10. The molecule has 0 aliphatic rings. The van der Waals surface area contributed by atoms with Crippen LogP contribution in [0.5, 0.6) is 0 Å². The minimum atomic E-state index is -0.496. The van der Waals surface area contributed by atoms with Gasteiger partial charge in [0.2, 0.25) is 5.91 Å². The van der Waals surface area contributed by atoms with Crippen molar-refractivity contribution in [2.75, 3.05) is 11.9 Å². The highest BCUT2D eigenvalue weighted by atomic mass is 16.6. The molecule has 0 aromatic heterocycles. The number of hydrogen-bond acceptors (Lipinski definition) is 5. The number of esters is 1. The van der Waals surface area contributed by atoms with Crippen LogP contribution in [-0.2, 0) is 20.7 Å². The van der Waals surface area contributed by atoms with Gasteiger partial charge in [-0.1, -0.05) is 30.3 Å². The van der Waals surface area contributed by atoms with Crippen LogP contribution in [0.4, 0.5) is 11.4 Å². The fourth-order valence-corrected chi connectivity index (χ4v) is 2.33. The second kappa shape index (κ2) is 9.31. The Hall–Kier alpha value is -3.22. The number of nitro groups is 1. The third-order valence-corrected chi connectivity index (χ3v) is 3.75. The molecule has 26 heavy (non-hydrogen) atoms. The lowest BCUT2D eigenvalue weighted by atomic mass is 10.1. The van der Waals surface area contributed by atoms with E-state index < -0.39 is 10.9 Å². The zero-order valence-corrected chi connectivity index (χ0v) is 14.4. The molecule has 136 valence electrons. The number of benzene rings is 2. The number of amides is 1. The van der Waals surface area contributed by atoms with Crippen LogP contribution in [0.3, 0.4) is 0 Å². The van der Waals surface area contributed by atoms with Crippen LogP contribution in [-0.4, -0.2) is 23.4 Å². The number of carbonyl (C=O) groups is 2. The highest BCUT2D eigenvalue weighted by Crippen LogP contribution is 2.21. The minimum Gasteiger partial charge on any atom is -0.465 e. The first-order valence-corrected chi connectivity index (χ1v) is 8.20. The average molecular weight is 356 g/mol. The molecule has 0 aliphatic carbocycles. The lowest BCUT2D eigenvalue weighted by Crippen LogP contribution is -2.16. The van der Waals surface area contributed by atoms with Crippen LogP contribution in [0, 0.1) is 17.0 Å². The molecule has 0 radical (unpaired) electrons. The predicted molar refractivity (Wildman–Crippen MR) is 96.8 cm³/mol. The van der Waals surface area contributed by atoms with Crippen LogP contribution in [0.15, 0.2) is 48.5 Å². The molecule has 0 bridgehead atoms. The van der Waals surface area contributed by atoms with Gasteiger partial charge in [-0.15, -0.1) is 0 Å². The molecule has 2 aromatic rings. The lowest BCUT2D eigenvalue weighted by Gasteiger charge is -2.08. The second-order valence-electron chi connectivity index (χ2n) is 5.76. The highest BCUT2D eigenvalue weighted by molar-refractivity contribution is 5.93. The minimum absolute atomic E-state index is 0.0133. The molecule has 1 N–H and O–H groups in total. The van der Waals surface area contributed by atoms with E-state index in [1.54, 1.807) is 6.92 Å². The van der Waals surface area contributed by atoms with E-state index in [2.05, 4.69) is 5.32 Å². The first kappa shape index (κ1) is 19.1. The number of carbonyl (C=O) groups excluding carboxylic acids is 2. The number of rotatable bonds is 8. The molecule has 0 spiro atoms. The lowest BCUT2D eigenvalue weighted by molar-refractivity contribution is -0.384. The van der Waals surface area contributed by atoms with Gasteiger partial charge in [-0.25, -0.2) is 0 Å². The van der Waals surface area contributed by atoms with Gasteiger partial charge in [-0.05, 0) is 24.1 Å². The fourth-order valence-electron chi connectivity index (χ4n) is 2.33. The maximum atomic E-state index is 11.9. The van der Waals surface area contributed by atoms with E-state index in [1.165, 1.54) is 18.2 Å². The molecular formula is C19H20N2O5. The summed E-state index contributed by atoms with van der Waals surface area (Å²) < 4.78 is 5.12. The van der Waals surface area contributed by atoms with E-state index in [0.717, 1.165) is 5.56 Å². The van der Waals surface area contributed by atoms with E-state index in [-0.39, 0.29) is 31.0 Å². The summed E-state index contributed by atoms with van der Waals surface area (Å²) in [6.07, 6.45) is 0.591. The summed E-state index contributed by atoms with van der Waals surface area (Å²) in [4.78, 5) is 33.8. The van der Waals surface area contributed by atoms with Gasteiger partial charge in [0.25, 0.3) is 5.69 Å². The van der Waals surface area contributed by atoms with Gasteiger partial charge in [0.15, 0.2) is 0 Å². The van der Waals surface area contributed by atoms with Crippen molar-refractivity contribution < 1.29 is 19.2 Å². The van der Waals surface area contributed by atoms with Gasteiger partial charge in [-0.2, -0.15) is 0 Å². The summed E-state index contributed by atoms with van der Waals surface area (Å²) in [5, 5.41) is 13.4. The van der Waals surface area contributed by atoms with Crippen LogP contribution in [0.1, 0.15) is 24.0 Å². The summed E-state index contributed by atoms with van der Waals surface area (Å²) in [7, 11) is 0. The van der Waals surface area contributed by atoms with E-state index in [4.69, 9.17) is 4.74 Å². The van der Waals surface area contributed by atoms with Crippen LogP contribution < -0.4 is 5.32 Å². The fraction of sp³-hybridized carbons (Fsp3) is 0.263. The standard InChI is InChI=1S/C19H20N2O5/c1-14-13-16(21(24)25)7-8-17(14)20-18(22)9-10-19(23)26-12-11-15-5-3-2-4-6-15/h2-8,13H,9-12H2,1H3,(H,20,22). The number of nitrogens with one attached hydrogen (secondary N) is 1. The number of ether oxygens (including phenoxy) is 1. The largest absolute Gasteiger partial charge is 0.465 e. The van der Waals surface area contributed by atoms with Crippen molar-refractivity contribution >= 4 is 23.3 Å². The van der Waals surface area contributed by atoms with Crippen molar-refractivity contribution in [3.8, 4) is 0 Å². The summed E-state index contributed by atoms with van der Waals surface area (Å²) in [5.74, 6) is -0.779. The summed E-state index contributed by atoms with van der Waals surface area (Å²) in [6.45, 7) is 1.94. The molecule has 2 rings (SSSR count). The average Bonchev–Trinajstić information content (AvgIpc) is 2.62. The van der Waals surface area contributed by atoms with Gasteiger partial charge in [-0.3, -0.25) is 19.7 Å². The van der Waals surface area contributed by atoms with Gasteiger partial charge in [0, 0.05) is 30.7 Å². The van der Waals surface area contributed by atoms with E-state index >= 15 is 0 Å². The smallest absolute Gasteiger partial charge is 0.306 e.